The van der Waals surface area contributed by atoms with E-state index in [-0.39, 0.29) is 18.0 Å². The molecule has 0 aromatic rings. The summed E-state index contributed by atoms with van der Waals surface area (Å²) in [5.41, 5.74) is 1.03. The van der Waals surface area contributed by atoms with E-state index in [4.69, 9.17) is 4.74 Å². The number of nitrogens with zero attached hydrogens (tertiary/aromatic N) is 1. The van der Waals surface area contributed by atoms with Crippen molar-refractivity contribution in [3.63, 3.8) is 0 Å². The van der Waals surface area contributed by atoms with E-state index in [9.17, 15) is 9.18 Å². The van der Waals surface area contributed by atoms with E-state index in [1.54, 1.807) is 18.0 Å². The van der Waals surface area contributed by atoms with Gasteiger partial charge in [0.2, 0.25) is 0 Å². The summed E-state index contributed by atoms with van der Waals surface area (Å²) in [5, 5.41) is 0. The van der Waals surface area contributed by atoms with Crippen molar-refractivity contribution in [3.05, 3.63) is 23.6 Å². The molecule has 4 heteroatoms. The molecule has 0 saturated carbocycles. The highest BCUT2D eigenvalue weighted by Crippen LogP contribution is 2.26. The highest BCUT2D eigenvalue weighted by atomic mass is 19.1. The largest absolute Gasteiger partial charge is 0.441 e. The Morgan fingerprint density at radius 3 is 2.87 bits per heavy atom. The van der Waals surface area contributed by atoms with Crippen LogP contribution in [-0.2, 0) is 4.74 Å². The van der Waals surface area contributed by atoms with Gasteiger partial charge in [-0.05, 0) is 18.1 Å². The SMILES string of the molecule is CN1CCC(C2=CC=C(F)CC2)OC1=O. The molecule has 0 aromatic carbocycles. The van der Waals surface area contributed by atoms with Gasteiger partial charge < -0.3 is 9.64 Å². The van der Waals surface area contributed by atoms with Crippen LogP contribution in [0, 0.1) is 0 Å². The van der Waals surface area contributed by atoms with Gasteiger partial charge in [-0.3, -0.25) is 0 Å². The molecule has 1 aliphatic carbocycles. The maximum Gasteiger partial charge on any atom is 0.410 e. The Hall–Kier alpha value is -1.32. The van der Waals surface area contributed by atoms with Crippen LogP contribution < -0.4 is 0 Å². The number of rotatable bonds is 1. The number of ether oxygens (including phenoxy) is 1. The minimum absolute atomic E-state index is 0.0991. The van der Waals surface area contributed by atoms with Gasteiger partial charge in [-0.2, -0.15) is 0 Å². The van der Waals surface area contributed by atoms with Crippen LogP contribution in [0.2, 0.25) is 0 Å². The molecule has 1 aliphatic heterocycles. The fourth-order valence-electron chi connectivity index (χ4n) is 1.83. The number of allylic oxidation sites excluding steroid dienone is 3. The van der Waals surface area contributed by atoms with E-state index >= 15 is 0 Å². The zero-order valence-electron chi connectivity index (χ0n) is 8.70. The number of halogens is 1. The molecule has 1 heterocycles. The molecule has 1 saturated heterocycles. The maximum absolute atomic E-state index is 12.8. The number of amides is 1. The van der Waals surface area contributed by atoms with Crippen LogP contribution in [-0.4, -0.2) is 30.7 Å². The summed E-state index contributed by atoms with van der Waals surface area (Å²) in [4.78, 5) is 12.9. The van der Waals surface area contributed by atoms with Crippen LogP contribution >= 0.6 is 0 Å². The molecule has 0 N–H and O–H groups in total. The zero-order chi connectivity index (χ0) is 10.8. The first-order chi connectivity index (χ1) is 7.16. The van der Waals surface area contributed by atoms with Gasteiger partial charge in [0, 0.05) is 26.4 Å². The van der Waals surface area contributed by atoms with E-state index in [0.717, 1.165) is 12.0 Å². The van der Waals surface area contributed by atoms with Crippen molar-refractivity contribution in [3.8, 4) is 0 Å². The Bertz CT molecular complexity index is 335. The fraction of sp³-hybridized carbons (Fsp3) is 0.545. The maximum atomic E-state index is 12.8. The van der Waals surface area contributed by atoms with Crippen LogP contribution in [0.15, 0.2) is 23.6 Å². The molecule has 0 aromatic heterocycles. The van der Waals surface area contributed by atoms with Crippen molar-refractivity contribution in [2.75, 3.05) is 13.6 Å². The van der Waals surface area contributed by atoms with E-state index in [2.05, 4.69) is 0 Å². The van der Waals surface area contributed by atoms with Gasteiger partial charge in [0.05, 0.1) is 0 Å². The third kappa shape index (κ3) is 2.19. The molecule has 82 valence electrons. The second-order valence-corrected chi connectivity index (χ2v) is 3.94. The topological polar surface area (TPSA) is 29.5 Å². The van der Waals surface area contributed by atoms with Gasteiger partial charge in [0.1, 0.15) is 11.9 Å². The third-order valence-corrected chi connectivity index (χ3v) is 2.83. The van der Waals surface area contributed by atoms with Gasteiger partial charge in [-0.1, -0.05) is 6.08 Å². The van der Waals surface area contributed by atoms with Crippen LogP contribution in [0.5, 0.6) is 0 Å². The smallest absolute Gasteiger partial charge is 0.410 e. The second-order valence-electron chi connectivity index (χ2n) is 3.94. The lowest BCUT2D eigenvalue weighted by molar-refractivity contribution is 0.0475. The van der Waals surface area contributed by atoms with Crippen molar-refractivity contribution in [1.82, 2.24) is 4.90 Å². The quantitative estimate of drug-likeness (QED) is 0.666. The van der Waals surface area contributed by atoms with E-state index < -0.39 is 0 Å². The van der Waals surface area contributed by atoms with Crippen molar-refractivity contribution in [1.29, 1.82) is 0 Å². The van der Waals surface area contributed by atoms with Gasteiger partial charge in [0.15, 0.2) is 0 Å². The lowest BCUT2D eigenvalue weighted by atomic mass is 9.96. The molecule has 2 aliphatic rings. The van der Waals surface area contributed by atoms with Crippen LogP contribution in [0.4, 0.5) is 9.18 Å². The molecule has 1 unspecified atom stereocenters. The van der Waals surface area contributed by atoms with Crippen molar-refractivity contribution in [2.45, 2.75) is 25.4 Å². The minimum atomic E-state index is -0.290. The van der Waals surface area contributed by atoms with E-state index in [0.29, 0.717) is 19.4 Å². The summed E-state index contributed by atoms with van der Waals surface area (Å²) in [6.07, 6.45) is 4.64. The first-order valence-corrected chi connectivity index (χ1v) is 5.13. The predicted octanol–water partition coefficient (Wildman–Crippen LogP) is 2.40. The standard InChI is InChI=1S/C11H14FNO2/c1-13-7-6-10(15-11(13)14)8-2-4-9(12)5-3-8/h2,4,10H,3,5-7H2,1H3. The summed E-state index contributed by atoms with van der Waals surface area (Å²) in [6.45, 7) is 0.701. The molecule has 3 nitrogen and oxygen atoms in total. The first-order valence-electron chi connectivity index (χ1n) is 5.13. The molecule has 2 rings (SSSR count). The molecule has 1 atom stereocenters. The molecule has 0 spiro atoms. The summed E-state index contributed by atoms with van der Waals surface area (Å²) < 4.78 is 18.0. The third-order valence-electron chi connectivity index (χ3n) is 2.83. The van der Waals surface area contributed by atoms with Crippen molar-refractivity contribution in [2.24, 2.45) is 0 Å². The molecule has 1 fully saturated rings. The fourth-order valence-corrected chi connectivity index (χ4v) is 1.83. The monoisotopic (exact) mass is 211 g/mol. The molecule has 0 radical (unpaired) electrons. The average molecular weight is 211 g/mol. The van der Waals surface area contributed by atoms with Crippen molar-refractivity contribution < 1.29 is 13.9 Å². The van der Waals surface area contributed by atoms with Crippen LogP contribution in [0.1, 0.15) is 19.3 Å². The van der Waals surface area contributed by atoms with E-state index in [1.165, 1.54) is 6.08 Å². The summed E-state index contributed by atoms with van der Waals surface area (Å²) in [6, 6.07) is 0. The average Bonchev–Trinajstić information content (AvgIpc) is 2.23. The lowest BCUT2D eigenvalue weighted by Gasteiger charge is -2.31. The number of hydrogen-bond donors (Lipinski definition) is 0. The number of carbonyl (C=O) groups excluding carboxylic acids is 1. The molecular weight excluding hydrogens is 197 g/mol. The zero-order valence-corrected chi connectivity index (χ0v) is 8.70. The van der Waals surface area contributed by atoms with Crippen LogP contribution in [0.25, 0.3) is 0 Å². The number of cyclic esters (lactones) is 1. The minimum Gasteiger partial charge on any atom is -0.441 e. The van der Waals surface area contributed by atoms with Gasteiger partial charge in [-0.25, -0.2) is 9.18 Å². The molecular formula is C11H14FNO2. The Labute approximate surface area is 88.2 Å². The first kappa shape index (κ1) is 10.2. The van der Waals surface area contributed by atoms with Gasteiger partial charge in [0.25, 0.3) is 0 Å². The Morgan fingerprint density at radius 1 is 1.47 bits per heavy atom. The van der Waals surface area contributed by atoms with Gasteiger partial charge >= 0.3 is 6.09 Å². The predicted molar refractivity (Wildman–Crippen MR) is 54.0 cm³/mol. The normalized spacial score (nSPS) is 26.9. The second kappa shape index (κ2) is 4.04. The summed E-state index contributed by atoms with van der Waals surface area (Å²) in [5.74, 6) is -0.0991. The van der Waals surface area contributed by atoms with Gasteiger partial charge in [-0.15, -0.1) is 0 Å². The molecule has 0 bridgehead atoms. The Kier molecular flexibility index (Phi) is 2.75. The highest BCUT2D eigenvalue weighted by molar-refractivity contribution is 5.68. The van der Waals surface area contributed by atoms with Crippen molar-refractivity contribution >= 4 is 6.09 Å². The highest BCUT2D eigenvalue weighted by Gasteiger charge is 2.27. The number of hydrogen-bond acceptors (Lipinski definition) is 2. The summed E-state index contributed by atoms with van der Waals surface area (Å²) in [7, 11) is 1.72. The molecule has 1 amide bonds. The summed E-state index contributed by atoms with van der Waals surface area (Å²) >= 11 is 0. The number of carbonyl (C=O) groups is 1. The Balaban J connectivity index is 2.03. The van der Waals surface area contributed by atoms with Crippen LogP contribution in [0.3, 0.4) is 0 Å². The van der Waals surface area contributed by atoms with E-state index in [1.807, 2.05) is 0 Å². The molecule has 15 heavy (non-hydrogen) atoms. The Morgan fingerprint density at radius 2 is 2.27 bits per heavy atom. The lowest BCUT2D eigenvalue weighted by Crippen LogP contribution is -2.40.